The number of carbonyl (C=O) groups is 2. The van der Waals surface area contributed by atoms with Crippen molar-refractivity contribution in [1.82, 2.24) is 5.32 Å². The molecule has 1 heterocycles. The highest BCUT2D eigenvalue weighted by Crippen LogP contribution is 2.28. The van der Waals surface area contributed by atoms with Crippen molar-refractivity contribution < 1.29 is 19.3 Å². The van der Waals surface area contributed by atoms with Gasteiger partial charge in [-0.1, -0.05) is 19.3 Å². The molecule has 7 heteroatoms. The van der Waals surface area contributed by atoms with E-state index >= 15 is 0 Å². The van der Waals surface area contributed by atoms with Crippen molar-refractivity contribution in [2.45, 2.75) is 75.4 Å². The predicted octanol–water partition coefficient (Wildman–Crippen LogP) is 0.753. The maximum atomic E-state index is 12.1. The molecule has 21 heavy (non-hydrogen) atoms. The average Bonchev–Trinajstić information content (AvgIpc) is 2.40. The number of carbonyl (C=O) groups excluding carboxylic acids is 1. The Morgan fingerprint density at radius 1 is 1.29 bits per heavy atom. The second kappa shape index (κ2) is 7.27. The molecular formula is C14H24BN2O4. The van der Waals surface area contributed by atoms with Gasteiger partial charge in [0.15, 0.2) is 0 Å². The molecule has 2 atom stereocenters. The summed E-state index contributed by atoms with van der Waals surface area (Å²) in [6.07, 6.45) is 6.64. The van der Waals surface area contributed by atoms with Gasteiger partial charge < -0.3 is 20.8 Å². The van der Waals surface area contributed by atoms with E-state index in [1.807, 2.05) is 0 Å². The predicted molar refractivity (Wildman–Crippen MR) is 78.7 cm³/mol. The Hall–Kier alpha value is -1.08. The standard InChI is InChI=1S/C14H24BN2O4/c16-14(6-2-1-3-7-14)9-12(18)17-11-5-4-10(21-15-11)8-13(19)20/h10-11H,1-9,16H2,(H,17,18)(H,19,20)/t10-,11-/m0/s1. The molecule has 0 bridgehead atoms. The average molecular weight is 295 g/mol. The van der Waals surface area contributed by atoms with Crippen molar-refractivity contribution in [3.8, 4) is 0 Å². The zero-order chi connectivity index (χ0) is 15.3. The second-order valence-electron chi connectivity index (χ2n) is 6.34. The summed E-state index contributed by atoms with van der Waals surface area (Å²) in [6.45, 7) is 0. The first kappa shape index (κ1) is 16.3. The first-order valence-electron chi connectivity index (χ1n) is 7.76. The molecule has 6 nitrogen and oxygen atoms in total. The van der Waals surface area contributed by atoms with Crippen LogP contribution in [-0.4, -0.2) is 42.0 Å². The molecule has 2 rings (SSSR count). The maximum Gasteiger partial charge on any atom is 0.317 e. The van der Waals surface area contributed by atoms with Crippen molar-refractivity contribution in [2.75, 3.05) is 0 Å². The van der Waals surface area contributed by atoms with Crippen LogP contribution in [0, 0.1) is 0 Å². The van der Waals surface area contributed by atoms with Gasteiger partial charge in [-0.25, -0.2) is 0 Å². The molecule has 1 aliphatic carbocycles. The summed E-state index contributed by atoms with van der Waals surface area (Å²) in [7, 11) is 1.55. The largest absolute Gasteiger partial charge is 0.481 e. The Labute approximate surface area is 126 Å². The molecule has 0 aromatic carbocycles. The number of amides is 1. The fourth-order valence-electron chi connectivity index (χ4n) is 3.17. The highest BCUT2D eigenvalue weighted by Gasteiger charge is 2.32. The Bertz CT molecular complexity index is 377. The summed E-state index contributed by atoms with van der Waals surface area (Å²) < 4.78 is 5.37. The van der Waals surface area contributed by atoms with E-state index in [4.69, 9.17) is 15.5 Å². The third-order valence-electron chi connectivity index (χ3n) is 4.35. The normalized spacial score (nSPS) is 28.4. The molecule has 4 N–H and O–H groups in total. The van der Waals surface area contributed by atoms with Crippen molar-refractivity contribution in [2.24, 2.45) is 5.73 Å². The van der Waals surface area contributed by atoms with Gasteiger partial charge >= 0.3 is 13.5 Å². The van der Waals surface area contributed by atoms with E-state index in [0.29, 0.717) is 19.3 Å². The number of carboxylic acids is 1. The molecule has 0 unspecified atom stereocenters. The number of carboxylic acid groups (broad SMARTS) is 1. The smallest absolute Gasteiger partial charge is 0.317 e. The molecule has 1 aliphatic heterocycles. The minimum Gasteiger partial charge on any atom is -0.481 e. The van der Waals surface area contributed by atoms with Gasteiger partial charge in [0.1, 0.15) is 0 Å². The van der Waals surface area contributed by atoms with Gasteiger partial charge in [0, 0.05) is 17.9 Å². The summed E-state index contributed by atoms with van der Waals surface area (Å²) in [6, 6.07) is 0. The lowest BCUT2D eigenvalue weighted by molar-refractivity contribution is -0.139. The van der Waals surface area contributed by atoms with Gasteiger partial charge in [-0.05, 0) is 25.7 Å². The van der Waals surface area contributed by atoms with E-state index in [1.54, 1.807) is 7.48 Å². The molecule has 2 aliphatic rings. The van der Waals surface area contributed by atoms with Gasteiger partial charge in [0.25, 0.3) is 0 Å². The van der Waals surface area contributed by atoms with Gasteiger partial charge in [-0.15, -0.1) is 0 Å². The molecular weight excluding hydrogens is 271 g/mol. The van der Waals surface area contributed by atoms with Crippen LogP contribution >= 0.6 is 0 Å². The first-order valence-corrected chi connectivity index (χ1v) is 7.76. The molecule has 117 valence electrons. The quantitative estimate of drug-likeness (QED) is 0.650. The van der Waals surface area contributed by atoms with Gasteiger partial charge in [-0.2, -0.15) is 0 Å². The topological polar surface area (TPSA) is 102 Å². The lowest BCUT2D eigenvalue weighted by Crippen LogP contribution is -2.50. The molecule has 1 saturated carbocycles. The maximum absolute atomic E-state index is 12.1. The third-order valence-corrected chi connectivity index (χ3v) is 4.35. The second-order valence-corrected chi connectivity index (χ2v) is 6.34. The third kappa shape index (κ3) is 5.32. The minimum absolute atomic E-state index is 0.00305. The van der Waals surface area contributed by atoms with E-state index in [-0.39, 0.29) is 29.9 Å². The Morgan fingerprint density at radius 3 is 2.57 bits per heavy atom. The van der Waals surface area contributed by atoms with Crippen LogP contribution in [0.2, 0.25) is 0 Å². The molecule has 1 amide bonds. The summed E-state index contributed by atoms with van der Waals surface area (Å²) in [5.41, 5.74) is 5.92. The number of aliphatic carboxylic acids is 1. The lowest BCUT2D eigenvalue weighted by Gasteiger charge is -2.34. The fraction of sp³-hybridized carbons (Fsp3) is 0.857. The van der Waals surface area contributed by atoms with Crippen LogP contribution in [0.3, 0.4) is 0 Å². The number of nitrogens with two attached hydrogens (primary N) is 1. The zero-order valence-corrected chi connectivity index (χ0v) is 12.3. The fourth-order valence-corrected chi connectivity index (χ4v) is 3.17. The van der Waals surface area contributed by atoms with Gasteiger partial charge in [0.05, 0.1) is 12.5 Å². The molecule has 0 spiro atoms. The SMILES string of the molecule is NC1(CC(=O)N[C@@H]2[B]O[C@H](CC(=O)O)CC2)CCCCC1. The van der Waals surface area contributed by atoms with Crippen LogP contribution in [0.25, 0.3) is 0 Å². The zero-order valence-electron chi connectivity index (χ0n) is 12.3. The van der Waals surface area contributed by atoms with E-state index in [2.05, 4.69) is 5.32 Å². The molecule has 0 aromatic heterocycles. The summed E-state index contributed by atoms with van der Waals surface area (Å²) in [5, 5.41) is 11.6. The van der Waals surface area contributed by atoms with E-state index in [9.17, 15) is 9.59 Å². The summed E-state index contributed by atoms with van der Waals surface area (Å²) in [4.78, 5) is 22.7. The van der Waals surface area contributed by atoms with Crippen molar-refractivity contribution in [3.05, 3.63) is 0 Å². The van der Waals surface area contributed by atoms with Gasteiger partial charge in [0.2, 0.25) is 5.91 Å². The Kier molecular flexibility index (Phi) is 5.64. The number of hydrogen-bond acceptors (Lipinski definition) is 4. The highest BCUT2D eigenvalue weighted by molar-refractivity contribution is 6.30. The van der Waals surface area contributed by atoms with Crippen LogP contribution < -0.4 is 11.1 Å². The van der Waals surface area contributed by atoms with Crippen LogP contribution in [0.4, 0.5) is 0 Å². The Morgan fingerprint density at radius 2 is 2.00 bits per heavy atom. The number of nitrogens with one attached hydrogen (secondary N) is 1. The molecule has 2 fully saturated rings. The molecule has 1 saturated heterocycles. The van der Waals surface area contributed by atoms with E-state index < -0.39 is 5.97 Å². The highest BCUT2D eigenvalue weighted by atomic mass is 16.4. The van der Waals surface area contributed by atoms with Crippen LogP contribution in [-0.2, 0) is 14.2 Å². The van der Waals surface area contributed by atoms with Crippen molar-refractivity contribution in [3.63, 3.8) is 0 Å². The van der Waals surface area contributed by atoms with Gasteiger partial charge in [-0.3, -0.25) is 9.59 Å². The lowest BCUT2D eigenvalue weighted by atomic mass is 9.77. The monoisotopic (exact) mass is 295 g/mol. The molecule has 0 aromatic rings. The minimum atomic E-state index is -0.863. The van der Waals surface area contributed by atoms with E-state index in [0.717, 1.165) is 25.7 Å². The van der Waals surface area contributed by atoms with Crippen molar-refractivity contribution >= 4 is 19.4 Å². The summed E-state index contributed by atoms with van der Waals surface area (Å²) in [5.74, 6) is -1.05. The summed E-state index contributed by atoms with van der Waals surface area (Å²) >= 11 is 0. The Balaban J connectivity index is 1.70. The number of rotatable bonds is 5. The first-order chi connectivity index (χ1) is 9.97. The van der Waals surface area contributed by atoms with E-state index in [1.165, 1.54) is 6.42 Å². The van der Waals surface area contributed by atoms with Crippen LogP contribution in [0.5, 0.6) is 0 Å². The number of hydrogen-bond donors (Lipinski definition) is 3. The van der Waals surface area contributed by atoms with Crippen LogP contribution in [0.15, 0.2) is 0 Å². The van der Waals surface area contributed by atoms with Crippen LogP contribution in [0.1, 0.15) is 57.8 Å². The molecule has 1 radical (unpaired) electrons. The van der Waals surface area contributed by atoms with Crippen molar-refractivity contribution in [1.29, 1.82) is 0 Å².